The first-order chi connectivity index (χ1) is 15.7. The molecule has 0 saturated carbocycles. The summed E-state index contributed by atoms with van der Waals surface area (Å²) in [6.45, 7) is 3.84. The number of aromatic nitrogens is 5. The first-order valence-corrected chi connectivity index (χ1v) is 10.6. The maximum absolute atomic E-state index is 13.6. The van der Waals surface area contributed by atoms with Crippen LogP contribution in [0.4, 0.5) is 13.2 Å². The van der Waals surface area contributed by atoms with Gasteiger partial charge < -0.3 is 0 Å². The zero-order valence-corrected chi connectivity index (χ0v) is 18.3. The lowest BCUT2D eigenvalue weighted by Crippen LogP contribution is -2.23. The first-order valence-electron chi connectivity index (χ1n) is 10.3. The SMILES string of the molecule is CCC(C)n1cnc2c(c1=O)c1nc3ccccc3nc1n2-c1ccc(Cl)c(C(F)(F)F)c1. The van der Waals surface area contributed by atoms with Crippen LogP contribution in [0.2, 0.25) is 5.02 Å². The smallest absolute Gasteiger partial charge is 0.296 e. The van der Waals surface area contributed by atoms with E-state index in [1.807, 2.05) is 13.8 Å². The molecule has 0 fully saturated rings. The Kier molecular flexibility index (Phi) is 4.89. The highest BCUT2D eigenvalue weighted by Gasteiger charge is 2.34. The van der Waals surface area contributed by atoms with Gasteiger partial charge in [0.25, 0.3) is 5.56 Å². The first kappa shape index (κ1) is 21.4. The number of fused-ring (bicyclic) bond motifs is 4. The van der Waals surface area contributed by atoms with Gasteiger partial charge in [0.2, 0.25) is 0 Å². The highest BCUT2D eigenvalue weighted by Crippen LogP contribution is 2.37. The van der Waals surface area contributed by atoms with E-state index in [1.165, 1.54) is 27.6 Å². The molecule has 1 atom stereocenters. The van der Waals surface area contributed by atoms with Crippen molar-refractivity contribution in [2.24, 2.45) is 0 Å². The third-order valence-electron chi connectivity index (χ3n) is 5.77. The average molecular weight is 472 g/mol. The van der Waals surface area contributed by atoms with Crippen LogP contribution in [0.3, 0.4) is 0 Å². The Morgan fingerprint density at radius 2 is 1.76 bits per heavy atom. The molecule has 0 N–H and O–H groups in total. The fourth-order valence-electron chi connectivity index (χ4n) is 3.87. The average Bonchev–Trinajstić information content (AvgIpc) is 3.10. The summed E-state index contributed by atoms with van der Waals surface area (Å²) in [6, 6.07) is 10.5. The Hall–Kier alpha value is -3.46. The van der Waals surface area contributed by atoms with Crippen LogP contribution in [0.1, 0.15) is 31.9 Å². The largest absolute Gasteiger partial charge is 0.417 e. The fourth-order valence-corrected chi connectivity index (χ4v) is 4.10. The van der Waals surface area contributed by atoms with Crippen LogP contribution in [-0.2, 0) is 6.18 Å². The van der Waals surface area contributed by atoms with Crippen molar-refractivity contribution in [2.45, 2.75) is 32.5 Å². The lowest BCUT2D eigenvalue weighted by Gasteiger charge is -2.14. The van der Waals surface area contributed by atoms with E-state index in [1.54, 1.807) is 24.3 Å². The molecule has 3 heterocycles. The summed E-state index contributed by atoms with van der Waals surface area (Å²) in [5, 5.41) is -0.217. The van der Waals surface area contributed by atoms with Crippen molar-refractivity contribution >= 4 is 44.8 Å². The van der Waals surface area contributed by atoms with Crippen LogP contribution in [-0.4, -0.2) is 24.1 Å². The summed E-state index contributed by atoms with van der Waals surface area (Å²) >= 11 is 5.83. The third-order valence-corrected chi connectivity index (χ3v) is 6.10. The standard InChI is InChI=1S/C23H17ClF3N5O/c1-3-12(2)31-11-28-20-18(22(31)33)19-21(30-17-7-5-4-6-16(17)29-19)32(20)13-8-9-15(24)14(10-13)23(25,26)27/h4-12H,3H2,1-2H3. The summed E-state index contributed by atoms with van der Waals surface area (Å²) in [5.41, 5.74) is 0.625. The van der Waals surface area contributed by atoms with E-state index in [0.29, 0.717) is 17.5 Å². The number of para-hydroxylation sites is 2. The van der Waals surface area contributed by atoms with Crippen molar-refractivity contribution in [2.75, 3.05) is 0 Å². The Balaban J connectivity index is 1.95. The number of halogens is 4. The zero-order chi connectivity index (χ0) is 23.5. The van der Waals surface area contributed by atoms with E-state index < -0.39 is 16.8 Å². The molecule has 10 heteroatoms. The number of nitrogens with zero attached hydrogens (tertiary/aromatic N) is 5. The second-order valence-electron chi connectivity index (χ2n) is 7.79. The molecule has 0 aliphatic heterocycles. The van der Waals surface area contributed by atoms with Crippen molar-refractivity contribution in [3.8, 4) is 5.69 Å². The van der Waals surface area contributed by atoms with Gasteiger partial charge in [0.15, 0.2) is 11.3 Å². The lowest BCUT2D eigenvalue weighted by atomic mass is 10.2. The summed E-state index contributed by atoms with van der Waals surface area (Å²) in [4.78, 5) is 27.2. The Bertz CT molecular complexity index is 1610. The molecular weight excluding hydrogens is 455 g/mol. The van der Waals surface area contributed by atoms with Gasteiger partial charge in [0.05, 0.1) is 21.6 Å². The molecule has 0 radical (unpaired) electrons. The van der Waals surface area contributed by atoms with Crippen LogP contribution >= 0.6 is 11.6 Å². The van der Waals surface area contributed by atoms with Gasteiger partial charge >= 0.3 is 6.18 Å². The van der Waals surface area contributed by atoms with E-state index >= 15 is 0 Å². The fraction of sp³-hybridized carbons (Fsp3) is 0.217. The van der Waals surface area contributed by atoms with Gasteiger partial charge in [-0.05, 0) is 43.7 Å². The highest BCUT2D eigenvalue weighted by molar-refractivity contribution is 6.31. The minimum absolute atomic E-state index is 0.117. The lowest BCUT2D eigenvalue weighted by molar-refractivity contribution is -0.137. The van der Waals surface area contributed by atoms with E-state index in [4.69, 9.17) is 11.6 Å². The van der Waals surface area contributed by atoms with Crippen molar-refractivity contribution in [3.05, 3.63) is 69.7 Å². The van der Waals surface area contributed by atoms with Crippen LogP contribution in [0, 0.1) is 0 Å². The molecule has 0 aliphatic carbocycles. The topological polar surface area (TPSA) is 65.6 Å². The van der Waals surface area contributed by atoms with Gasteiger partial charge in [-0.2, -0.15) is 13.2 Å². The van der Waals surface area contributed by atoms with Gasteiger partial charge in [0, 0.05) is 11.7 Å². The Morgan fingerprint density at radius 3 is 2.42 bits per heavy atom. The summed E-state index contributed by atoms with van der Waals surface area (Å²) in [5.74, 6) is 0. The normalized spacial score (nSPS) is 13.3. The molecule has 0 aliphatic rings. The quantitative estimate of drug-likeness (QED) is 0.327. The molecule has 5 rings (SSSR count). The Morgan fingerprint density at radius 1 is 1.06 bits per heavy atom. The molecule has 0 spiro atoms. The predicted molar refractivity (Wildman–Crippen MR) is 121 cm³/mol. The van der Waals surface area contributed by atoms with Crippen molar-refractivity contribution in [3.63, 3.8) is 0 Å². The van der Waals surface area contributed by atoms with Crippen molar-refractivity contribution in [1.82, 2.24) is 24.1 Å². The van der Waals surface area contributed by atoms with Crippen LogP contribution < -0.4 is 5.56 Å². The molecule has 2 aromatic carbocycles. The molecule has 6 nitrogen and oxygen atoms in total. The number of hydrogen-bond donors (Lipinski definition) is 0. The zero-order valence-electron chi connectivity index (χ0n) is 17.6. The minimum atomic E-state index is -4.65. The molecule has 0 amide bonds. The molecule has 0 bridgehead atoms. The summed E-state index contributed by atoms with van der Waals surface area (Å²) in [6.07, 6.45) is -2.54. The third kappa shape index (κ3) is 3.34. The number of rotatable bonds is 3. The summed E-state index contributed by atoms with van der Waals surface area (Å²) < 4.78 is 43.6. The number of alkyl halides is 3. The second-order valence-corrected chi connectivity index (χ2v) is 8.20. The van der Waals surface area contributed by atoms with Crippen molar-refractivity contribution in [1.29, 1.82) is 0 Å². The molecule has 3 aromatic heterocycles. The van der Waals surface area contributed by atoms with Gasteiger partial charge in [-0.3, -0.25) is 13.9 Å². The van der Waals surface area contributed by atoms with E-state index in [0.717, 1.165) is 6.07 Å². The molecule has 1 unspecified atom stereocenters. The molecule has 168 valence electrons. The van der Waals surface area contributed by atoms with Gasteiger partial charge in [-0.1, -0.05) is 30.7 Å². The highest BCUT2D eigenvalue weighted by atomic mass is 35.5. The predicted octanol–water partition coefficient (Wildman–Crippen LogP) is 5.93. The molecule has 33 heavy (non-hydrogen) atoms. The minimum Gasteiger partial charge on any atom is -0.296 e. The maximum Gasteiger partial charge on any atom is 0.417 e. The van der Waals surface area contributed by atoms with E-state index in [2.05, 4.69) is 15.0 Å². The monoisotopic (exact) mass is 471 g/mol. The molecule has 5 aromatic rings. The van der Waals surface area contributed by atoms with Crippen LogP contribution in [0.15, 0.2) is 53.6 Å². The molecule has 0 saturated heterocycles. The van der Waals surface area contributed by atoms with Crippen LogP contribution in [0.25, 0.3) is 38.9 Å². The van der Waals surface area contributed by atoms with Gasteiger partial charge in [-0.25, -0.2) is 15.0 Å². The number of benzene rings is 2. The molecular formula is C23H17ClF3N5O. The second kappa shape index (κ2) is 7.55. The Labute approximate surface area is 190 Å². The summed E-state index contributed by atoms with van der Waals surface area (Å²) in [7, 11) is 0. The van der Waals surface area contributed by atoms with E-state index in [-0.39, 0.29) is 39.5 Å². The van der Waals surface area contributed by atoms with Gasteiger partial charge in [-0.15, -0.1) is 0 Å². The number of hydrogen-bond acceptors (Lipinski definition) is 4. The van der Waals surface area contributed by atoms with Crippen LogP contribution in [0.5, 0.6) is 0 Å². The van der Waals surface area contributed by atoms with E-state index in [9.17, 15) is 18.0 Å². The van der Waals surface area contributed by atoms with Crippen molar-refractivity contribution < 1.29 is 13.2 Å². The van der Waals surface area contributed by atoms with Gasteiger partial charge in [0.1, 0.15) is 17.2 Å². The maximum atomic E-state index is 13.6.